The van der Waals surface area contributed by atoms with Crippen molar-refractivity contribution < 1.29 is 0 Å². The van der Waals surface area contributed by atoms with Gasteiger partial charge in [-0.2, -0.15) is 0 Å². The summed E-state index contributed by atoms with van der Waals surface area (Å²) < 4.78 is 0. The van der Waals surface area contributed by atoms with Crippen molar-refractivity contribution in [1.29, 1.82) is 0 Å². The molecule has 96 valence electrons. The summed E-state index contributed by atoms with van der Waals surface area (Å²) in [5.41, 5.74) is 9.21. The van der Waals surface area contributed by atoms with Crippen LogP contribution in [0.2, 0.25) is 0 Å². The second-order valence-electron chi connectivity index (χ2n) is 6.14. The predicted octanol–water partition coefficient (Wildman–Crippen LogP) is 5.24. The van der Waals surface area contributed by atoms with E-state index in [0.717, 1.165) is 5.92 Å². The van der Waals surface area contributed by atoms with Crippen LogP contribution >= 0.6 is 0 Å². The Morgan fingerprint density at radius 1 is 0.706 bits per heavy atom. The van der Waals surface area contributed by atoms with E-state index in [9.17, 15) is 0 Å². The molecule has 0 saturated carbocycles. The molecule has 0 spiro atoms. The molecule has 0 heterocycles. The summed E-state index contributed by atoms with van der Waals surface area (Å²) in [4.78, 5) is 0. The molecule has 0 fully saturated rings. The Hall–Kier alpha value is -0.780. The van der Waals surface area contributed by atoms with Gasteiger partial charge >= 0.3 is 0 Å². The summed E-state index contributed by atoms with van der Waals surface area (Å²) in [5.74, 6) is 1.36. The molecule has 0 atom stereocenters. The van der Waals surface area contributed by atoms with Crippen LogP contribution in [0.15, 0.2) is 0 Å². The topological polar surface area (TPSA) is 0 Å². The third-order valence-corrected chi connectivity index (χ3v) is 4.06. The number of hydrogen-bond donors (Lipinski definition) is 0. The highest BCUT2D eigenvalue weighted by Crippen LogP contribution is 2.33. The lowest BCUT2D eigenvalue weighted by Gasteiger charge is -2.24. The van der Waals surface area contributed by atoms with Gasteiger partial charge in [0.15, 0.2) is 0 Å². The average Bonchev–Trinajstić information content (AvgIpc) is 2.22. The lowest BCUT2D eigenvalue weighted by Crippen LogP contribution is -2.09. The highest BCUT2D eigenvalue weighted by Gasteiger charge is 2.17. The minimum absolute atomic E-state index is 0.627. The largest absolute Gasteiger partial charge is 0.0625 e. The molecule has 1 aromatic carbocycles. The highest BCUT2D eigenvalue weighted by molar-refractivity contribution is 5.51. The van der Waals surface area contributed by atoms with Crippen molar-refractivity contribution in [3.05, 3.63) is 33.4 Å². The average molecular weight is 232 g/mol. The van der Waals surface area contributed by atoms with Gasteiger partial charge in [-0.05, 0) is 79.3 Å². The highest BCUT2D eigenvalue weighted by atomic mass is 14.2. The van der Waals surface area contributed by atoms with Crippen molar-refractivity contribution >= 4 is 0 Å². The molecule has 0 amide bonds. The van der Waals surface area contributed by atoms with E-state index >= 15 is 0 Å². The first kappa shape index (κ1) is 14.3. The van der Waals surface area contributed by atoms with Gasteiger partial charge in [0.2, 0.25) is 0 Å². The third kappa shape index (κ3) is 2.73. The molecule has 0 aliphatic rings. The predicted molar refractivity (Wildman–Crippen MR) is 78.0 cm³/mol. The molecule has 0 aromatic heterocycles. The van der Waals surface area contributed by atoms with Crippen molar-refractivity contribution in [3.8, 4) is 0 Å². The summed E-state index contributed by atoms with van der Waals surface area (Å²) in [6, 6.07) is 0. The second kappa shape index (κ2) is 5.25. The fourth-order valence-electron chi connectivity index (χ4n) is 2.87. The lowest BCUT2D eigenvalue weighted by atomic mass is 9.81. The van der Waals surface area contributed by atoms with Gasteiger partial charge in [-0.15, -0.1) is 0 Å². The van der Waals surface area contributed by atoms with Gasteiger partial charge in [0.1, 0.15) is 0 Å². The first-order valence-corrected chi connectivity index (χ1v) is 6.86. The molecule has 17 heavy (non-hydrogen) atoms. The van der Waals surface area contributed by atoms with E-state index in [2.05, 4.69) is 55.4 Å². The Balaban J connectivity index is 3.53. The Labute approximate surface area is 107 Å². The summed E-state index contributed by atoms with van der Waals surface area (Å²) in [7, 11) is 0. The third-order valence-electron chi connectivity index (χ3n) is 4.06. The molecular weight excluding hydrogens is 204 g/mol. The molecule has 1 rings (SSSR count). The van der Waals surface area contributed by atoms with Crippen molar-refractivity contribution in [1.82, 2.24) is 0 Å². The monoisotopic (exact) mass is 232 g/mol. The minimum atomic E-state index is 0.627. The normalized spacial score (nSPS) is 11.6. The van der Waals surface area contributed by atoms with Crippen LogP contribution < -0.4 is 0 Å². The van der Waals surface area contributed by atoms with Gasteiger partial charge in [0.05, 0.1) is 0 Å². The van der Waals surface area contributed by atoms with Crippen LogP contribution in [0.5, 0.6) is 0 Å². The van der Waals surface area contributed by atoms with E-state index in [-0.39, 0.29) is 0 Å². The van der Waals surface area contributed by atoms with Gasteiger partial charge in [-0.3, -0.25) is 0 Å². The Kier molecular flexibility index (Phi) is 4.41. The summed E-state index contributed by atoms with van der Waals surface area (Å²) in [5, 5.41) is 0. The standard InChI is InChI=1S/C17H28/c1-10(2)9-16-14(7)12(5)13(6)15(8)17(16)11(3)4/h10-11H,9H2,1-8H3. The van der Waals surface area contributed by atoms with E-state index in [1.54, 1.807) is 11.1 Å². The SMILES string of the molecule is Cc1c(C)c(C)c(C(C)C)c(CC(C)C)c1C. The fourth-order valence-corrected chi connectivity index (χ4v) is 2.87. The molecule has 0 saturated heterocycles. The van der Waals surface area contributed by atoms with E-state index < -0.39 is 0 Å². The van der Waals surface area contributed by atoms with E-state index in [0.29, 0.717) is 5.92 Å². The zero-order valence-corrected chi connectivity index (χ0v) is 12.9. The van der Waals surface area contributed by atoms with Crippen LogP contribution in [0.4, 0.5) is 0 Å². The number of benzene rings is 1. The molecular formula is C17H28. The Morgan fingerprint density at radius 2 is 1.18 bits per heavy atom. The van der Waals surface area contributed by atoms with Crippen molar-refractivity contribution in [2.24, 2.45) is 5.92 Å². The van der Waals surface area contributed by atoms with Crippen molar-refractivity contribution in [2.45, 2.75) is 67.7 Å². The molecule has 0 aliphatic carbocycles. The maximum Gasteiger partial charge on any atom is -0.0213 e. The van der Waals surface area contributed by atoms with E-state index in [1.165, 1.54) is 28.7 Å². The van der Waals surface area contributed by atoms with Crippen molar-refractivity contribution in [3.63, 3.8) is 0 Å². The molecule has 0 nitrogen and oxygen atoms in total. The van der Waals surface area contributed by atoms with Crippen molar-refractivity contribution in [2.75, 3.05) is 0 Å². The van der Waals surface area contributed by atoms with Crippen LogP contribution in [0.25, 0.3) is 0 Å². The zero-order chi connectivity index (χ0) is 13.3. The van der Waals surface area contributed by atoms with Crippen LogP contribution in [-0.2, 0) is 6.42 Å². The maximum absolute atomic E-state index is 2.32. The van der Waals surface area contributed by atoms with Crippen LogP contribution in [-0.4, -0.2) is 0 Å². The van der Waals surface area contributed by atoms with Gasteiger partial charge in [0, 0.05) is 0 Å². The van der Waals surface area contributed by atoms with E-state index in [1.807, 2.05) is 0 Å². The fraction of sp³-hybridized carbons (Fsp3) is 0.647. The zero-order valence-electron chi connectivity index (χ0n) is 12.9. The molecule has 0 heteroatoms. The number of rotatable bonds is 3. The first-order valence-electron chi connectivity index (χ1n) is 6.86. The molecule has 1 aromatic rings. The molecule has 0 radical (unpaired) electrons. The van der Waals surface area contributed by atoms with Gasteiger partial charge in [0.25, 0.3) is 0 Å². The Morgan fingerprint density at radius 3 is 1.59 bits per heavy atom. The first-order chi connectivity index (χ1) is 7.77. The molecule has 0 unspecified atom stereocenters. The minimum Gasteiger partial charge on any atom is -0.0625 e. The van der Waals surface area contributed by atoms with Crippen LogP contribution in [0.3, 0.4) is 0 Å². The lowest BCUT2D eigenvalue weighted by molar-refractivity contribution is 0.634. The van der Waals surface area contributed by atoms with Crippen LogP contribution in [0, 0.1) is 33.6 Å². The summed E-state index contributed by atoms with van der Waals surface area (Å²) in [6.07, 6.45) is 1.21. The summed E-state index contributed by atoms with van der Waals surface area (Å²) in [6.45, 7) is 18.4. The van der Waals surface area contributed by atoms with Crippen LogP contribution in [0.1, 0.15) is 67.0 Å². The van der Waals surface area contributed by atoms with Gasteiger partial charge < -0.3 is 0 Å². The maximum atomic E-state index is 2.32. The molecule has 0 aliphatic heterocycles. The molecule has 0 N–H and O–H groups in total. The molecule has 0 bridgehead atoms. The van der Waals surface area contributed by atoms with Gasteiger partial charge in [-0.25, -0.2) is 0 Å². The second-order valence-corrected chi connectivity index (χ2v) is 6.14. The summed E-state index contributed by atoms with van der Waals surface area (Å²) >= 11 is 0. The van der Waals surface area contributed by atoms with Gasteiger partial charge in [-0.1, -0.05) is 27.7 Å². The quantitative estimate of drug-likeness (QED) is 0.668. The Bertz CT molecular complexity index is 409. The van der Waals surface area contributed by atoms with E-state index in [4.69, 9.17) is 0 Å². The smallest absolute Gasteiger partial charge is 0.0213 e. The number of hydrogen-bond acceptors (Lipinski definition) is 0.